The summed E-state index contributed by atoms with van der Waals surface area (Å²) in [5, 5.41) is 5.55. The Balaban J connectivity index is 1.88. The van der Waals surface area contributed by atoms with Gasteiger partial charge in [-0.25, -0.2) is 8.42 Å². The highest BCUT2D eigenvalue weighted by atomic mass is 79.9. The van der Waals surface area contributed by atoms with E-state index in [-0.39, 0.29) is 28.6 Å². The quantitative estimate of drug-likeness (QED) is 0.759. The second-order valence-electron chi connectivity index (χ2n) is 4.53. The van der Waals surface area contributed by atoms with Gasteiger partial charge in [0.15, 0.2) is 14.9 Å². The lowest BCUT2D eigenvalue weighted by Crippen LogP contribution is -2.44. The van der Waals surface area contributed by atoms with Crippen LogP contribution in [0.3, 0.4) is 0 Å². The topological polar surface area (TPSA) is 75.3 Å². The third kappa shape index (κ3) is 4.26. The third-order valence-electron chi connectivity index (χ3n) is 2.90. The first-order valence-electron chi connectivity index (χ1n) is 5.93. The van der Waals surface area contributed by atoms with E-state index in [1.54, 1.807) is 24.3 Å². The highest BCUT2D eigenvalue weighted by molar-refractivity contribution is 9.10. The minimum Gasteiger partial charge on any atom is -0.359 e. The van der Waals surface area contributed by atoms with Crippen molar-refractivity contribution in [2.45, 2.75) is 12.5 Å². The first kappa shape index (κ1) is 15.4. The molecule has 1 aromatic carbocycles. The second-order valence-corrected chi connectivity index (χ2v) is 8.09. The van der Waals surface area contributed by atoms with E-state index in [0.717, 1.165) is 4.47 Å². The molecule has 0 aromatic heterocycles. The number of carbonyl (C=O) groups is 1. The van der Waals surface area contributed by atoms with Crippen LogP contribution in [-0.2, 0) is 9.84 Å². The molecule has 0 spiro atoms. The summed E-state index contributed by atoms with van der Waals surface area (Å²) in [6, 6.07) is 6.63. The summed E-state index contributed by atoms with van der Waals surface area (Å²) < 4.78 is 23.5. The number of hydrogen-bond donors (Lipinski definition) is 2. The fourth-order valence-electron chi connectivity index (χ4n) is 1.91. The van der Waals surface area contributed by atoms with Crippen LogP contribution in [-0.4, -0.2) is 37.0 Å². The molecule has 1 aromatic rings. The van der Waals surface area contributed by atoms with Gasteiger partial charge in [0.1, 0.15) is 0 Å². The SMILES string of the molecule is O=C(NC(=S)N[C@@H]1CCS(=O)(=O)C1)c1ccc(Br)cc1. The Morgan fingerprint density at radius 1 is 1.30 bits per heavy atom. The Labute approximate surface area is 131 Å². The van der Waals surface area contributed by atoms with E-state index in [4.69, 9.17) is 12.2 Å². The van der Waals surface area contributed by atoms with Crippen molar-refractivity contribution in [1.29, 1.82) is 0 Å². The van der Waals surface area contributed by atoms with Crippen molar-refractivity contribution in [3.8, 4) is 0 Å². The van der Waals surface area contributed by atoms with Crippen LogP contribution >= 0.6 is 28.1 Å². The number of nitrogens with one attached hydrogen (secondary N) is 2. The molecule has 0 unspecified atom stereocenters. The van der Waals surface area contributed by atoms with Gasteiger partial charge >= 0.3 is 0 Å². The molecule has 1 amide bonds. The van der Waals surface area contributed by atoms with Gasteiger partial charge in [0.05, 0.1) is 11.5 Å². The maximum atomic E-state index is 11.9. The summed E-state index contributed by atoms with van der Waals surface area (Å²) in [5.74, 6) is -0.106. The van der Waals surface area contributed by atoms with Crippen LogP contribution in [0, 0.1) is 0 Å². The number of rotatable bonds is 2. The number of thiocarbonyl (C=S) groups is 1. The summed E-state index contributed by atoms with van der Waals surface area (Å²) in [7, 11) is -2.97. The maximum absolute atomic E-state index is 11.9. The van der Waals surface area contributed by atoms with E-state index >= 15 is 0 Å². The van der Waals surface area contributed by atoms with Crippen molar-refractivity contribution in [1.82, 2.24) is 10.6 Å². The van der Waals surface area contributed by atoms with E-state index in [1.165, 1.54) is 0 Å². The Hall–Kier alpha value is -0.990. The number of sulfone groups is 1. The number of halogens is 1. The van der Waals surface area contributed by atoms with Gasteiger partial charge in [0, 0.05) is 16.1 Å². The molecule has 2 rings (SSSR count). The molecule has 1 heterocycles. The van der Waals surface area contributed by atoms with E-state index in [2.05, 4.69) is 26.6 Å². The third-order valence-corrected chi connectivity index (χ3v) is 5.42. The number of hydrogen-bond acceptors (Lipinski definition) is 4. The van der Waals surface area contributed by atoms with Gasteiger partial charge in [-0.2, -0.15) is 0 Å². The van der Waals surface area contributed by atoms with E-state index < -0.39 is 9.84 Å². The molecule has 0 radical (unpaired) electrons. The summed E-state index contributed by atoms with van der Waals surface area (Å²) in [6.45, 7) is 0. The summed E-state index contributed by atoms with van der Waals surface area (Å²) in [4.78, 5) is 11.9. The molecular formula is C12H13BrN2O3S2. The molecule has 0 saturated carbocycles. The van der Waals surface area contributed by atoms with Gasteiger partial charge < -0.3 is 5.32 Å². The van der Waals surface area contributed by atoms with Crippen LogP contribution < -0.4 is 10.6 Å². The van der Waals surface area contributed by atoms with Crippen LogP contribution in [0.4, 0.5) is 0 Å². The van der Waals surface area contributed by atoms with Crippen LogP contribution in [0.2, 0.25) is 0 Å². The Morgan fingerprint density at radius 2 is 1.95 bits per heavy atom. The zero-order valence-electron chi connectivity index (χ0n) is 10.4. The number of carbonyl (C=O) groups excluding carboxylic acids is 1. The summed E-state index contributed by atoms with van der Waals surface area (Å²) >= 11 is 8.31. The molecule has 2 N–H and O–H groups in total. The molecule has 1 fully saturated rings. The average molecular weight is 377 g/mol. The summed E-state index contributed by atoms with van der Waals surface area (Å²) in [5.41, 5.74) is 0.483. The smallest absolute Gasteiger partial charge is 0.257 e. The Kier molecular flexibility index (Phi) is 4.77. The lowest BCUT2D eigenvalue weighted by Gasteiger charge is -2.14. The lowest BCUT2D eigenvalue weighted by molar-refractivity contribution is 0.0976. The normalized spacial score (nSPS) is 20.4. The average Bonchev–Trinajstić information content (AvgIpc) is 2.69. The molecule has 1 aliphatic rings. The molecular weight excluding hydrogens is 364 g/mol. The van der Waals surface area contributed by atoms with Crippen LogP contribution in [0.1, 0.15) is 16.8 Å². The fraction of sp³-hybridized carbons (Fsp3) is 0.333. The highest BCUT2D eigenvalue weighted by Gasteiger charge is 2.28. The zero-order valence-corrected chi connectivity index (χ0v) is 13.6. The monoisotopic (exact) mass is 376 g/mol. The van der Waals surface area contributed by atoms with Crippen molar-refractivity contribution >= 4 is 49.0 Å². The van der Waals surface area contributed by atoms with Crippen molar-refractivity contribution in [2.24, 2.45) is 0 Å². The molecule has 5 nitrogen and oxygen atoms in total. The minimum absolute atomic E-state index is 0.0568. The first-order valence-corrected chi connectivity index (χ1v) is 8.96. The number of benzene rings is 1. The Morgan fingerprint density at radius 3 is 2.50 bits per heavy atom. The van der Waals surface area contributed by atoms with Crippen molar-refractivity contribution in [3.05, 3.63) is 34.3 Å². The maximum Gasteiger partial charge on any atom is 0.257 e. The molecule has 108 valence electrons. The van der Waals surface area contributed by atoms with Crippen LogP contribution in [0.5, 0.6) is 0 Å². The molecule has 20 heavy (non-hydrogen) atoms. The first-order chi connectivity index (χ1) is 9.35. The van der Waals surface area contributed by atoms with E-state index in [1.807, 2.05) is 0 Å². The summed E-state index contributed by atoms with van der Waals surface area (Å²) in [6.07, 6.45) is 0.511. The van der Waals surface area contributed by atoms with Gasteiger partial charge in [0.2, 0.25) is 0 Å². The molecule has 1 aliphatic heterocycles. The highest BCUT2D eigenvalue weighted by Crippen LogP contribution is 2.12. The minimum atomic E-state index is -2.97. The van der Waals surface area contributed by atoms with E-state index in [0.29, 0.717) is 12.0 Å². The predicted molar refractivity (Wildman–Crippen MR) is 84.4 cm³/mol. The number of amides is 1. The molecule has 0 bridgehead atoms. The van der Waals surface area contributed by atoms with Crippen molar-refractivity contribution < 1.29 is 13.2 Å². The van der Waals surface area contributed by atoms with Gasteiger partial charge in [-0.1, -0.05) is 15.9 Å². The second kappa shape index (κ2) is 6.19. The fourth-order valence-corrected chi connectivity index (χ4v) is 4.10. The molecule has 0 aliphatic carbocycles. The largest absolute Gasteiger partial charge is 0.359 e. The van der Waals surface area contributed by atoms with Crippen LogP contribution in [0.25, 0.3) is 0 Å². The predicted octanol–water partition coefficient (Wildman–Crippen LogP) is 1.24. The molecule has 1 saturated heterocycles. The standard InChI is InChI=1S/C12H13BrN2O3S2/c13-9-3-1-8(2-4-9)11(16)15-12(19)14-10-5-6-20(17,18)7-10/h1-4,10H,5-7H2,(H2,14,15,16,19)/t10-/m1/s1. The van der Waals surface area contributed by atoms with Crippen molar-refractivity contribution in [2.75, 3.05) is 11.5 Å². The van der Waals surface area contributed by atoms with Gasteiger partial charge in [-0.3, -0.25) is 10.1 Å². The van der Waals surface area contributed by atoms with Gasteiger partial charge in [-0.15, -0.1) is 0 Å². The van der Waals surface area contributed by atoms with E-state index in [9.17, 15) is 13.2 Å². The van der Waals surface area contributed by atoms with Gasteiger partial charge in [-0.05, 0) is 42.9 Å². The lowest BCUT2D eigenvalue weighted by atomic mass is 10.2. The molecule has 8 heteroatoms. The van der Waals surface area contributed by atoms with Crippen molar-refractivity contribution in [3.63, 3.8) is 0 Å². The van der Waals surface area contributed by atoms with Crippen LogP contribution in [0.15, 0.2) is 28.7 Å². The zero-order chi connectivity index (χ0) is 14.8. The Bertz CT molecular complexity index is 629. The molecule has 1 atom stereocenters. The van der Waals surface area contributed by atoms with Gasteiger partial charge in [0.25, 0.3) is 5.91 Å².